The fourth-order valence-electron chi connectivity index (χ4n) is 3.78. The molecule has 7 N–H and O–H groups in total. The van der Waals surface area contributed by atoms with Gasteiger partial charge in [0, 0.05) is 13.1 Å². The van der Waals surface area contributed by atoms with Crippen molar-refractivity contribution >= 4 is 30.8 Å². The molecule has 30 heavy (non-hydrogen) atoms. The van der Waals surface area contributed by atoms with Crippen molar-refractivity contribution in [3.8, 4) is 0 Å². The second-order valence-corrected chi connectivity index (χ2v) is 8.43. The lowest BCUT2D eigenvalue weighted by atomic mass is 10.1. The van der Waals surface area contributed by atoms with Gasteiger partial charge in [0.05, 0.1) is 6.33 Å². The number of ether oxygens (including phenoxy) is 1. The Morgan fingerprint density at radius 2 is 1.90 bits per heavy atom. The minimum absolute atomic E-state index is 0.0146. The summed E-state index contributed by atoms with van der Waals surface area (Å²) in [6.45, 7) is 1.57. The molecule has 5 atom stereocenters. The van der Waals surface area contributed by atoms with Crippen molar-refractivity contribution in [3.63, 3.8) is 0 Å². The van der Waals surface area contributed by atoms with Crippen molar-refractivity contribution < 1.29 is 38.9 Å². The number of nitrogens with zero attached hydrogens (tertiary/aromatic N) is 5. The number of hydrogen-bond acceptors (Lipinski definition) is 11. The number of imidazole rings is 1. The third kappa shape index (κ3) is 4.00. The Labute approximate surface area is 170 Å². The molecule has 4 rings (SSSR count). The molecule has 166 valence electrons. The van der Waals surface area contributed by atoms with Gasteiger partial charge in [0.1, 0.15) is 18.3 Å². The van der Waals surface area contributed by atoms with Gasteiger partial charge in [0.2, 0.25) is 5.95 Å². The predicted octanol–water partition coefficient (Wildman–Crippen LogP) is -1.55. The smallest absolute Gasteiger partial charge is 0.387 e. The Morgan fingerprint density at radius 3 is 2.57 bits per heavy atom. The molecule has 4 heterocycles. The third-order valence-corrected chi connectivity index (χ3v) is 5.64. The number of rotatable bonds is 5. The Bertz CT molecular complexity index is 962. The van der Waals surface area contributed by atoms with Gasteiger partial charge in [-0.1, -0.05) is 0 Å². The average Bonchev–Trinajstić information content (AvgIpc) is 3.22. The van der Waals surface area contributed by atoms with E-state index >= 15 is 0 Å². The minimum Gasteiger partial charge on any atom is -0.387 e. The lowest BCUT2D eigenvalue weighted by Crippen LogP contribution is -2.39. The van der Waals surface area contributed by atoms with Crippen LogP contribution in [-0.2, 0) is 13.8 Å². The highest BCUT2D eigenvalue weighted by molar-refractivity contribution is 7.46. The van der Waals surface area contributed by atoms with Crippen molar-refractivity contribution in [1.29, 1.82) is 0 Å². The van der Waals surface area contributed by atoms with Crippen LogP contribution in [0, 0.1) is 0 Å². The maximum atomic E-state index is 11.0. The summed E-state index contributed by atoms with van der Waals surface area (Å²) in [5.41, 5.74) is 6.54. The molecule has 0 radical (unpaired) electrons. The summed E-state index contributed by atoms with van der Waals surface area (Å²) in [6.07, 6.45) is -3.90. The third-order valence-electron chi connectivity index (χ3n) is 5.15. The highest BCUT2D eigenvalue weighted by atomic mass is 31.2. The average molecular weight is 446 g/mol. The van der Waals surface area contributed by atoms with Crippen LogP contribution in [0.25, 0.3) is 11.2 Å². The van der Waals surface area contributed by atoms with Crippen LogP contribution in [-0.4, -0.2) is 82.3 Å². The fraction of sp³-hybridized carbons (Fsp3) is 0.667. The maximum absolute atomic E-state index is 11.0. The first-order valence-corrected chi connectivity index (χ1v) is 10.9. The molecular formula is C15H23N6O8P. The molecule has 0 aromatic carbocycles. The summed E-state index contributed by atoms with van der Waals surface area (Å²) >= 11 is 0. The lowest BCUT2D eigenvalue weighted by Gasteiger charge is -2.27. The van der Waals surface area contributed by atoms with Crippen molar-refractivity contribution in [2.45, 2.75) is 50.1 Å². The van der Waals surface area contributed by atoms with Crippen LogP contribution in [0.3, 0.4) is 0 Å². The summed E-state index contributed by atoms with van der Waals surface area (Å²) in [7, 11) is -5.05. The van der Waals surface area contributed by atoms with Crippen LogP contribution in [0.1, 0.15) is 25.5 Å². The van der Waals surface area contributed by atoms with E-state index in [0.29, 0.717) is 11.3 Å². The molecule has 1 unspecified atom stereocenters. The molecule has 0 spiro atoms. The van der Waals surface area contributed by atoms with E-state index in [1.807, 2.05) is 4.90 Å². The summed E-state index contributed by atoms with van der Waals surface area (Å²) < 4.78 is 21.9. The van der Waals surface area contributed by atoms with E-state index in [9.17, 15) is 19.9 Å². The monoisotopic (exact) mass is 446 g/mol. The van der Waals surface area contributed by atoms with Crippen LogP contribution in [0.2, 0.25) is 0 Å². The highest BCUT2D eigenvalue weighted by Crippen LogP contribution is 2.41. The maximum Gasteiger partial charge on any atom is 0.472 e. The SMILES string of the molecule is Nc1nc(N2CCCCC2)c2ncn([C@@H]3O[C@H](C(O)OP(=O)(O)O)[C@@H](O)[C@H]3O)c2n1. The first-order chi connectivity index (χ1) is 14.2. The summed E-state index contributed by atoms with van der Waals surface area (Å²) in [6, 6.07) is 0. The van der Waals surface area contributed by atoms with Gasteiger partial charge < -0.3 is 40.5 Å². The van der Waals surface area contributed by atoms with Gasteiger partial charge in [-0.15, -0.1) is 0 Å². The molecule has 0 aliphatic carbocycles. The molecule has 0 bridgehead atoms. The number of fused-ring (bicyclic) bond motifs is 1. The molecule has 14 nitrogen and oxygen atoms in total. The Kier molecular flexibility index (Phi) is 5.67. The number of nitrogens with two attached hydrogens (primary N) is 1. The molecule has 0 saturated carbocycles. The van der Waals surface area contributed by atoms with E-state index in [1.165, 1.54) is 10.9 Å². The number of piperidine rings is 1. The van der Waals surface area contributed by atoms with Crippen LogP contribution >= 0.6 is 7.82 Å². The molecule has 2 fully saturated rings. The molecule has 2 aromatic rings. The second-order valence-electron chi connectivity index (χ2n) is 7.24. The van der Waals surface area contributed by atoms with E-state index in [-0.39, 0.29) is 11.6 Å². The molecule has 2 aromatic heterocycles. The lowest BCUT2D eigenvalue weighted by molar-refractivity contribution is -0.161. The van der Waals surface area contributed by atoms with Crippen LogP contribution < -0.4 is 10.6 Å². The van der Waals surface area contributed by atoms with Crippen molar-refractivity contribution in [1.82, 2.24) is 19.5 Å². The topological polar surface area (TPSA) is 210 Å². The Hall–Kier alpha value is -1.90. The molecule has 2 saturated heterocycles. The zero-order valence-electron chi connectivity index (χ0n) is 15.7. The molecule has 0 amide bonds. The molecule has 15 heteroatoms. The first kappa shape index (κ1) is 21.3. The zero-order chi connectivity index (χ0) is 21.6. The normalized spacial score (nSPS) is 28.9. The minimum atomic E-state index is -5.05. The van der Waals surface area contributed by atoms with Crippen molar-refractivity contribution in [2.75, 3.05) is 23.7 Å². The number of aliphatic hydroxyl groups is 3. The van der Waals surface area contributed by atoms with Crippen LogP contribution in [0.4, 0.5) is 11.8 Å². The van der Waals surface area contributed by atoms with Gasteiger partial charge in [0.15, 0.2) is 29.5 Å². The van der Waals surface area contributed by atoms with Gasteiger partial charge >= 0.3 is 7.82 Å². The first-order valence-electron chi connectivity index (χ1n) is 9.34. The highest BCUT2D eigenvalue weighted by Gasteiger charge is 2.49. The molecule has 2 aliphatic rings. The van der Waals surface area contributed by atoms with Crippen molar-refractivity contribution in [3.05, 3.63) is 6.33 Å². The van der Waals surface area contributed by atoms with E-state index in [2.05, 4.69) is 19.5 Å². The Morgan fingerprint density at radius 1 is 1.20 bits per heavy atom. The second kappa shape index (κ2) is 7.98. The number of anilines is 2. The number of phosphoric ester groups is 1. The van der Waals surface area contributed by atoms with Crippen LogP contribution in [0.15, 0.2) is 6.33 Å². The van der Waals surface area contributed by atoms with Crippen molar-refractivity contribution in [2.24, 2.45) is 0 Å². The van der Waals surface area contributed by atoms with Gasteiger partial charge in [-0.05, 0) is 19.3 Å². The largest absolute Gasteiger partial charge is 0.472 e. The zero-order valence-corrected chi connectivity index (χ0v) is 16.6. The van der Waals surface area contributed by atoms with Gasteiger partial charge in [-0.2, -0.15) is 9.97 Å². The van der Waals surface area contributed by atoms with Gasteiger partial charge in [-0.25, -0.2) is 9.55 Å². The van der Waals surface area contributed by atoms with E-state index in [4.69, 9.17) is 20.3 Å². The van der Waals surface area contributed by atoms with Gasteiger partial charge in [0.25, 0.3) is 0 Å². The van der Waals surface area contributed by atoms with Crippen LogP contribution in [0.5, 0.6) is 0 Å². The fourth-order valence-corrected chi connectivity index (χ4v) is 4.18. The molecule has 2 aliphatic heterocycles. The number of aliphatic hydroxyl groups excluding tert-OH is 3. The number of hydrogen-bond donors (Lipinski definition) is 6. The summed E-state index contributed by atoms with van der Waals surface area (Å²) in [4.78, 5) is 32.5. The molecular weight excluding hydrogens is 423 g/mol. The predicted molar refractivity (Wildman–Crippen MR) is 101 cm³/mol. The number of nitrogen functional groups attached to an aromatic ring is 1. The number of aromatic nitrogens is 4. The van der Waals surface area contributed by atoms with Gasteiger partial charge in [-0.3, -0.25) is 9.09 Å². The number of phosphoric acid groups is 1. The summed E-state index contributed by atoms with van der Waals surface area (Å²) in [5.74, 6) is 0.532. The summed E-state index contributed by atoms with van der Waals surface area (Å²) in [5, 5.41) is 30.5. The van der Waals surface area contributed by atoms with E-state index in [1.54, 1.807) is 0 Å². The Balaban J connectivity index is 1.66. The quantitative estimate of drug-likeness (QED) is 0.227. The standard InChI is InChI=1S/C15H23N6O8P/c16-15-18-11(20-4-2-1-3-5-20)7-12(19-15)21(6-17-7)13-9(23)8(22)10(28-13)14(24)29-30(25,26)27/h6,8-10,13-14,22-24H,1-5H2,(H2,16,18,19)(H2,25,26,27)/t8-,9+,10-,13+,14?/m0/s1. The van der Waals surface area contributed by atoms with E-state index in [0.717, 1.165) is 32.4 Å². The van der Waals surface area contributed by atoms with E-state index < -0.39 is 38.7 Å².